The van der Waals surface area contributed by atoms with Crippen LogP contribution in [0.25, 0.3) is 0 Å². The predicted octanol–water partition coefficient (Wildman–Crippen LogP) is 4.59. The third-order valence-electron chi connectivity index (χ3n) is 6.32. The molecular formula is C24H27N3O4S. The molecule has 0 radical (unpaired) electrons. The highest BCUT2D eigenvalue weighted by Gasteiger charge is 2.42. The zero-order valence-corrected chi connectivity index (χ0v) is 19.5. The van der Waals surface area contributed by atoms with E-state index in [9.17, 15) is 9.59 Å². The monoisotopic (exact) mass is 453 g/mol. The van der Waals surface area contributed by atoms with Crippen molar-refractivity contribution < 1.29 is 14.3 Å². The van der Waals surface area contributed by atoms with Crippen LogP contribution in [-0.4, -0.2) is 27.8 Å². The number of nitrogens with zero attached hydrogens (tertiary/aromatic N) is 1. The lowest BCUT2D eigenvalue weighted by atomic mass is 9.69. The third-order valence-corrected chi connectivity index (χ3v) is 7.47. The van der Waals surface area contributed by atoms with Gasteiger partial charge in [0.25, 0.3) is 5.56 Å². The Labute approximate surface area is 191 Å². The number of benzene rings is 1. The van der Waals surface area contributed by atoms with Gasteiger partial charge in [0, 0.05) is 28.9 Å². The van der Waals surface area contributed by atoms with Gasteiger partial charge in [0.15, 0.2) is 22.4 Å². The van der Waals surface area contributed by atoms with E-state index in [-0.39, 0.29) is 23.6 Å². The highest BCUT2D eigenvalue weighted by Crippen LogP contribution is 2.49. The fraction of sp³-hybridized carbons (Fsp3) is 0.458. The van der Waals surface area contributed by atoms with E-state index < -0.39 is 5.92 Å². The first-order chi connectivity index (χ1) is 15.3. The molecule has 8 heteroatoms. The Bertz CT molecular complexity index is 1200. The molecule has 0 unspecified atom stereocenters. The molecule has 0 spiro atoms. The van der Waals surface area contributed by atoms with E-state index >= 15 is 0 Å². The average molecular weight is 454 g/mol. The molecule has 168 valence electrons. The molecule has 0 fully saturated rings. The topological polar surface area (TPSA) is 93.3 Å². The average Bonchev–Trinajstić information content (AvgIpc) is 3.19. The number of Topliss-reactive ketones (excluding diaryl/α,β-unsaturated/α-hetero) is 1. The van der Waals surface area contributed by atoms with Gasteiger partial charge in [-0.3, -0.25) is 9.59 Å². The maximum Gasteiger partial charge on any atom is 0.257 e. The van der Waals surface area contributed by atoms with Crippen molar-refractivity contribution in [1.29, 1.82) is 0 Å². The number of aromatic amines is 1. The Morgan fingerprint density at radius 1 is 1.22 bits per heavy atom. The molecule has 2 N–H and O–H groups in total. The fourth-order valence-electron chi connectivity index (χ4n) is 4.65. The van der Waals surface area contributed by atoms with Crippen molar-refractivity contribution in [3.63, 3.8) is 0 Å². The largest absolute Gasteiger partial charge is 0.454 e. The van der Waals surface area contributed by atoms with Crippen molar-refractivity contribution in [2.75, 3.05) is 12.1 Å². The number of carbonyl (C=O) groups is 1. The Morgan fingerprint density at radius 2 is 2.00 bits per heavy atom. The van der Waals surface area contributed by atoms with E-state index in [0.29, 0.717) is 45.3 Å². The van der Waals surface area contributed by atoms with Gasteiger partial charge in [-0.15, -0.1) is 0 Å². The van der Waals surface area contributed by atoms with Gasteiger partial charge in [-0.2, -0.15) is 0 Å². The Morgan fingerprint density at radius 3 is 2.78 bits per heavy atom. The van der Waals surface area contributed by atoms with Crippen molar-refractivity contribution in [2.45, 2.75) is 63.3 Å². The van der Waals surface area contributed by atoms with Gasteiger partial charge in [-0.05, 0) is 36.0 Å². The van der Waals surface area contributed by atoms with Gasteiger partial charge in [0.2, 0.25) is 6.79 Å². The van der Waals surface area contributed by atoms with E-state index in [2.05, 4.69) is 38.0 Å². The quantitative estimate of drug-likeness (QED) is 0.517. The maximum absolute atomic E-state index is 13.3. The first kappa shape index (κ1) is 21.1. The van der Waals surface area contributed by atoms with E-state index in [1.54, 1.807) is 11.8 Å². The lowest BCUT2D eigenvalue weighted by Gasteiger charge is -2.38. The molecule has 0 saturated carbocycles. The number of anilines is 1. The number of hydrogen-bond acceptors (Lipinski definition) is 7. The van der Waals surface area contributed by atoms with Crippen LogP contribution in [0.5, 0.6) is 11.5 Å². The molecule has 2 aliphatic heterocycles. The minimum atomic E-state index is -0.502. The molecule has 3 heterocycles. The number of carbonyl (C=O) groups excluding carboxylic acids is 1. The lowest BCUT2D eigenvalue weighted by molar-refractivity contribution is -0.118. The van der Waals surface area contributed by atoms with E-state index in [4.69, 9.17) is 14.5 Å². The molecule has 0 amide bonds. The van der Waals surface area contributed by atoms with Crippen LogP contribution < -0.4 is 20.3 Å². The number of fused-ring (bicyclic) bond motifs is 2. The van der Waals surface area contributed by atoms with Gasteiger partial charge in [0.1, 0.15) is 5.82 Å². The SMILES string of the molecule is CC[C@@H](C)Sc1nc2c(c(=O)[nH]1)[C@@H](c1ccc3c(c1)OCO3)C1=C(CC(C)(C)CC1=O)N2. The number of ketones is 1. The molecule has 2 aromatic rings. The minimum absolute atomic E-state index is 0.0644. The van der Waals surface area contributed by atoms with Crippen LogP contribution in [0.3, 0.4) is 0 Å². The molecule has 3 aliphatic rings. The van der Waals surface area contributed by atoms with Crippen molar-refractivity contribution in [2.24, 2.45) is 5.41 Å². The molecule has 0 saturated heterocycles. The van der Waals surface area contributed by atoms with Gasteiger partial charge < -0.3 is 19.8 Å². The van der Waals surface area contributed by atoms with Crippen molar-refractivity contribution in [1.82, 2.24) is 9.97 Å². The lowest BCUT2D eigenvalue weighted by Crippen LogP contribution is -2.37. The van der Waals surface area contributed by atoms with E-state index in [0.717, 1.165) is 24.1 Å². The van der Waals surface area contributed by atoms with Crippen LogP contribution in [0, 0.1) is 5.41 Å². The molecule has 5 rings (SSSR count). The molecular weight excluding hydrogens is 426 g/mol. The number of H-pyrrole nitrogens is 1. The summed E-state index contributed by atoms with van der Waals surface area (Å²) in [5, 5.41) is 4.28. The normalized spacial score (nSPS) is 21.6. The molecule has 32 heavy (non-hydrogen) atoms. The zero-order chi connectivity index (χ0) is 22.6. The van der Waals surface area contributed by atoms with Crippen molar-refractivity contribution >= 4 is 23.4 Å². The summed E-state index contributed by atoms with van der Waals surface area (Å²) in [7, 11) is 0. The smallest absolute Gasteiger partial charge is 0.257 e. The number of thioether (sulfide) groups is 1. The predicted molar refractivity (Wildman–Crippen MR) is 124 cm³/mol. The second-order valence-electron chi connectivity index (χ2n) is 9.47. The molecule has 7 nitrogen and oxygen atoms in total. The number of hydrogen-bond donors (Lipinski definition) is 2. The summed E-state index contributed by atoms with van der Waals surface area (Å²) in [6, 6.07) is 5.62. The molecule has 2 atom stereocenters. The number of ether oxygens (including phenoxy) is 2. The number of nitrogens with one attached hydrogen (secondary N) is 2. The van der Waals surface area contributed by atoms with E-state index in [1.165, 1.54) is 0 Å². The Hall–Kier alpha value is -2.74. The first-order valence-electron chi connectivity index (χ1n) is 11.0. The summed E-state index contributed by atoms with van der Waals surface area (Å²) >= 11 is 1.55. The van der Waals surface area contributed by atoms with Gasteiger partial charge in [-0.1, -0.05) is 45.5 Å². The van der Waals surface area contributed by atoms with Gasteiger partial charge in [-0.25, -0.2) is 4.98 Å². The van der Waals surface area contributed by atoms with Gasteiger partial charge in [0.05, 0.1) is 5.56 Å². The van der Waals surface area contributed by atoms with Gasteiger partial charge >= 0.3 is 0 Å². The fourth-order valence-corrected chi connectivity index (χ4v) is 5.49. The first-order valence-corrected chi connectivity index (χ1v) is 11.9. The highest BCUT2D eigenvalue weighted by molar-refractivity contribution is 7.99. The van der Waals surface area contributed by atoms with Crippen molar-refractivity contribution in [3.8, 4) is 11.5 Å². The van der Waals surface area contributed by atoms with Crippen LogP contribution in [0.2, 0.25) is 0 Å². The molecule has 1 aromatic carbocycles. The van der Waals surface area contributed by atoms with Crippen molar-refractivity contribution in [3.05, 3.63) is 50.9 Å². The summed E-state index contributed by atoms with van der Waals surface area (Å²) in [6.07, 6.45) is 2.13. The summed E-state index contributed by atoms with van der Waals surface area (Å²) in [4.78, 5) is 34.4. The minimum Gasteiger partial charge on any atom is -0.454 e. The van der Waals surface area contributed by atoms with Crippen LogP contribution in [0.15, 0.2) is 39.4 Å². The second kappa shape index (κ2) is 7.69. The third kappa shape index (κ3) is 3.60. The summed E-state index contributed by atoms with van der Waals surface area (Å²) in [6.45, 7) is 8.57. The molecule has 1 aliphatic carbocycles. The Kier molecular flexibility index (Phi) is 5.08. The molecule has 0 bridgehead atoms. The number of allylic oxidation sites excluding steroid dienone is 2. The van der Waals surface area contributed by atoms with Crippen LogP contribution in [0.1, 0.15) is 64.0 Å². The van der Waals surface area contributed by atoms with Crippen LogP contribution >= 0.6 is 11.8 Å². The summed E-state index contributed by atoms with van der Waals surface area (Å²) < 4.78 is 11.0. The van der Waals surface area contributed by atoms with Crippen LogP contribution in [0.4, 0.5) is 5.82 Å². The van der Waals surface area contributed by atoms with Crippen LogP contribution in [-0.2, 0) is 4.79 Å². The second-order valence-corrected chi connectivity index (χ2v) is 10.9. The maximum atomic E-state index is 13.3. The highest BCUT2D eigenvalue weighted by atomic mass is 32.2. The van der Waals surface area contributed by atoms with E-state index in [1.807, 2.05) is 18.2 Å². The number of aromatic nitrogens is 2. The number of rotatable bonds is 4. The summed E-state index contributed by atoms with van der Waals surface area (Å²) in [5.74, 6) is 1.39. The zero-order valence-electron chi connectivity index (χ0n) is 18.7. The molecule has 1 aromatic heterocycles. The standard InChI is InChI=1S/C24H27N3O4S/c1-5-12(2)32-23-26-21-20(22(29)27-23)18(13-6-7-16-17(8-13)31-11-30-16)19-14(25-21)9-24(3,4)10-15(19)28/h6-8,12,18H,5,9-11H2,1-4H3,(H2,25,26,27,29)/t12-,18+/m1/s1. The summed E-state index contributed by atoms with van der Waals surface area (Å²) in [5.41, 5.74) is 2.44. The Balaban J connectivity index is 1.69.